The van der Waals surface area contributed by atoms with Crippen molar-refractivity contribution in [3.63, 3.8) is 0 Å². The van der Waals surface area contributed by atoms with Crippen LogP contribution in [0.4, 0.5) is 13.2 Å². The molecule has 0 bridgehead atoms. The summed E-state index contributed by atoms with van der Waals surface area (Å²) in [7, 11) is 0. The van der Waals surface area contributed by atoms with Crippen LogP contribution in [0, 0.1) is 6.07 Å². The first-order valence-corrected chi connectivity index (χ1v) is 3.74. The van der Waals surface area contributed by atoms with E-state index in [0.717, 1.165) is 0 Å². The molecule has 1 N–H and O–H groups in total. The molecule has 0 aliphatic carbocycles. The van der Waals surface area contributed by atoms with Gasteiger partial charge in [-0.25, -0.2) is 0 Å². The highest BCUT2D eigenvalue weighted by Crippen LogP contribution is 2.11. The molecule has 13 heavy (non-hydrogen) atoms. The molecule has 1 aromatic heterocycles. The van der Waals surface area contributed by atoms with Gasteiger partial charge in [-0.15, -0.1) is 0 Å². The standard InChI is InChI=1S/C7H9F3N3/c8-7(9,10)6-11-3-5-13-4-1-2-12-13/h2,4,11H,3,5-6H2. The molecular formula is C7H9F3N3. The lowest BCUT2D eigenvalue weighted by molar-refractivity contribution is -0.124. The predicted octanol–water partition coefficient (Wildman–Crippen LogP) is 0.835. The summed E-state index contributed by atoms with van der Waals surface area (Å²) in [6.45, 7) is -0.299. The first-order chi connectivity index (χ1) is 6.08. The van der Waals surface area contributed by atoms with E-state index in [1.54, 1.807) is 6.20 Å². The highest BCUT2D eigenvalue weighted by atomic mass is 19.4. The SMILES string of the molecule is FC(F)(F)CNCCn1c[c]cn1. The summed E-state index contributed by atoms with van der Waals surface area (Å²) in [6, 6.07) is 2.69. The molecule has 0 unspecified atom stereocenters. The van der Waals surface area contributed by atoms with E-state index in [4.69, 9.17) is 0 Å². The van der Waals surface area contributed by atoms with Crippen LogP contribution in [0.15, 0.2) is 12.4 Å². The van der Waals surface area contributed by atoms with E-state index in [2.05, 4.69) is 16.5 Å². The van der Waals surface area contributed by atoms with Crippen molar-refractivity contribution in [1.82, 2.24) is 15.1 Å². The number of aromatic nitrogens is 2. The van der Waals surface area contributed by atoms with Crippen molar-refractivity contribution in [3.8, 4) is 0 Å². The van der Waals surface area contributed by atoms with Crippen LogP contribution in [-0.2, 0) is 6.54 Å². The van der Waals surface area contributed by atoms with Gasteiger partial charge in [-0.3, -0.25) is 4.68 Å². The second kappa shape index (κ2) is 4.27. The number of alkyl halides is 3. The molecule has 0 spiro atoms. The molecule has 0 saturated heterocycles. The third-order valence-corrected chi connectivity index (χ3v) is 1.35. The van der Waals surface area contributed by atoms with Gasteiger partial charge >= 0.3 is 6.18 Å². The van der Waals surface area contributed by atoms with Crippen LogP contribution in [0.2, 0.25) is 0 Å². The number of rotatable bonds is 4. The van der Waals surface area contributed by atoms with Gasteiger partial charge in [0, 0.05) is 18.8 Å². The van der Waals surface area contributed by atoms with Gasteiger partial charge in [-0.2, -0.15) is 18.3 Å². The first kappa shape index (κ1) is 10.0. The largest absolute Gasteiger partial charge is 0.401 e. The Bertz CT molecular complexity index is 230. The van der Waals surface area contributed by atoms with E-state index in [1.807, 2.05) is 0 Å². The van der Waals surface area contributed by atoms with Crippen LogP contribution in [0.3, 0.4) is 0 Å². The van der Waals surface area contributed by atoms with Crippen LogP contribution in [0.1, 0.15) is 0 Å². The lowest BCUT2D eigenvalue weighted by Gasteiger charge is -2.07. The van der Waals surface area contributed by atoms with Gasteiger partial charge in [0.15, 0.2) is 0 Å². The van der Waals surface area contributed by atoms with E-state index in [9.17, 15) is 13.2 Å². The number of halogens is 3. The molecule has 0 aliphatic heterocycles. The Morgan fingerprint density at radius 3 is 2.77 bits per heavy atom. The van der Waals surface area contributed by atoms with Crippen LogP contribution in [0.25, 0.3) is 0 Å². The molecule has 1 heterocycles. The third-order valence-electron chi connectivity index (χ3n) is 1.35. The van der Waals surface area contributed by atoms with Crippen molar-refractivity contribution in [3.05, 3.63) is 18.5 Å². The van der Waals surface area contributed by atoms with E-state index in [0.29, 0.717) is 6.54 Å². The van der Waals surface area contributed by atoms with E-state index in [-0.39, 0.29) is 6.54 Å². The maximum atomic E-state index is 11.6. The zero-order valence-electron chi connectivity index (χ0n) is 6.80. The van der Waals surface area contributed by atoms with E-state index >= 15 is 0 Å². The summed E-state index contributed by atoms with van der Waals surface area (Å²) in [5.74, 6) is 0. The fourth-order valence-corrected chi connectivity index (χ4v) is 0.806. The van der Waals surface area contributed by atoms with Gasteiger partial charge in [0.05, 0.1) is 19.3 Å². The van der Waals surface area contributed by atoms with Crippen molar-refractivity contribution in [2.24, 2.45) is 0 Å². The number of nitrogens with one attached hydrogen (secondary N) is 1. The maximum absolute atomic E-state index is 11.6. The van der Waals surface area contributed by atoms with Gasteiger partial charge < -0.3 is 5.32 Å². The summed E-state index contributed by atoms with van der Waals surface area (Å²) < 4.78 is 36.4. The second-order valence-electron chi connectivity index (χ2n) is 2.50. The number of hydrogen-bond acceptors (Lipinski definition) is 2. The fraction of sp³-hybridized carbons (Fsp3) is 0.571. The molecule has 0 aliphatic rings. The maximum Gasteiger partial charge on any atom is 0.401 e. The minimum atomic E-state index is -4.14. The first-order valence-electron chi connectivity index (χ1n) is 3.74. The Kier molecular flexibility index (Phi) is 3.30. The third kappa shape index (κ3) is 4.51. The van der Waals surface area contributed by atoms with Crippen molar-refractivity contribution < 1.29 is 13.2 Å². The summed E-state index contributed by atoms with van der Waals surface area (Å²) in [6.07, 6.45) is -1.10. The molecular weight excluding hydrogens is 183 g/mol. The second-order valence-corrected chi connectivity index (χ2v) is 2.50. The molecule has 1 aromatic rings. The lowest BCUT2D eigenvalue weighted by atomic mass is 10.5. The molecule has 0 aromatic carbocycles. The molecule has 0 fully saturated rings. The minimum absolute atomic E-state index is 0.245. The van der Waals surface area contributed by atoms with E-state index < -0.39 is 12.7 Å². The highest BCUT2D eigenvalue weighted by molar-refractivity contribution is 4.74. The average Bonchev–Trinajstić information content (AvgIpc) is 2.48. The quantitative estimate of drug-likeness (QED) is 0.716. The van der Waals surface area contributed by atoms with Crippen LogP contribution in [0.5, 0.6) is 0 Å². The summed E-state index contributed by atoms with van der Waals surface area (Å²) >= 11 is 0. The van der Waals surface area contributed by atoms with Gasteiger partial charge in [0.25, 0.3) is 0 Å². The molecule has 0 saturated carbocycles. The molecule has 0 atom stereocenters. The molecule has 1 radical (unpaired) electrons. The van der Waals surface area contributed by atoms with Gasteiger partial charge in [-0.1, -0.05) is 0 Å². The molecule has 6 heteroatoms. The van der Waals surface area contributed by atoms with Crippen molar-refractivity contribution >= 4 is 0 Å². The molecule has 73 valence electrons. The fourth-order valence-electron chi connectivity index (χ4n) is 0.806. The van der Waals surface area contributed by atoms with Crippen LogP contribution >= 0.6 is 0 Å². The monoisotopic (exact) mass is 192 g/mol. The smallest absolute Gasteiger partial charge is 0.307 e. The molecule has 0 amide bonds. The predicted molar refractivity (Wildman–Crippen MR) is 40.0 cm³/mol. The average molecular weight is 192 g/mol. The summed E-state index contributed by atoms with van der Waals surface area (Å²) in [4.78, 5) is 0. The topological polar surface area (TPSA) is 29.9 Å². The number of nitrogens with zero attached hydrogens (tertiary/aromatic N) is 2. The van der Waals surface area contributed by atoms with Crippen molar-refractivity contribution in [1.29, 1.82) is 0 Å². The van der Waals surface area contributed by atoms with E-state index in [1.165, 1.54) is 10.9 Å². The lowest BCUT2D eigenvalue weighted by Crippen LogP contribution is -2.31. The Morgan fingerprint density at radius 1 is 1.46 bits per heavy atom. The van der Waals surface area contributed by atoms with Crippen LogP contribution in [-0.4, -0.2) is 29.0 Å². The Hall–Kier alpha value is -1.04. The van der Waals surface area contributed by atoms with Crippen LogP contribution < -0.4 is 5.32 Å². The normalized spacial score (nSPS) is 11.9. The van der Waals surface area contributed by atoms with Crippen molar-refractivity contribution in [2.75, 3.05) is 13.1 Å². The molecule has 3 nitrogen and oxygen atoms in total. The van der Waals surface area contributed by atoms with Crippen molar-refractivity contribution in [2.45, 2.75) is 12.7 Å². The molecule has 1 rings (SSSR count). The summed E-state index contributed by atoms with van der Waals surface area (Å²) in [5, 5.41) is 6.05. The number of hydrogen-bond donors (Lipinski definition) is 1. The summed E-state index contributed by atoms with van der Waals surface area (Å²) in [5.41, 5.74) is 0. The van der Waals surface area contributed by atoms with Gasteiger partial charge in [0.2, 0.25) is 0 Å². The Morgan fingerprint density at radius 2 is 2.23 bits per heavy atom. The Balaban J connectivity index is 2.09. The zero-order chi connectivity index (χ0) is 9.73. The minimum Gasteiger partial charge on any atom is -0.307 e. The zero-order valence-corrected chi connectivity index (χ0v) is 6.80. The Labute approximate surface area is 73.5 Å². The highest BCUT2D eigenvalue weighted by Gasteiger charge is 2.25. The van der Waals surface area contributed by atoms with Gasteiger partial charge in [0.1, 0.15) is 0 Å². The van der Waals surface area contributed by atoms with Gasteiger partial charge in [-0.05, 0) is 0 Å².